The summed E-state index contributed by atoms with van der Waals surface area (Å²) in [5.41, 5.74) is 0. The van der Waals surface area contributed by atoms with Gasteiger partial charge in [0.2, 0.25) is 0 Å². The number of esters is 2. The molecule has 346 valence electrons. The van der Waals surface area contributed by atoms with E-state index in [4.69, 9.17) is 9.47 Å². The average molecular weight is 832 g/mol. The fourth-order valence-electron chi connectivity index (χ4n) is 7.41. The topological polar surface area (TPSA) is 163 Å². The lowest BCUT2D eigenvalue weighted by atomic mass is 10.1. The number of hydrogen-bond acceptors (Lipinski definition) is 12. The van der Waals surface area contributed by atoms with Crippen molar-refractivity contribution in [3.63, 3.8) is 0 Å². The summed E-state index contributed by atoms with van der Waals surface area (Å²) in [4.78, 5) is 31.1. The second-order valence-corrected chi connectivity index (χ2v) is 16.6. The summed E-state index contributed by atoms with van der Waals surface area (Å²) >= 11 is 0. The van der Waals surface area contributed by atoms with Crippen LogP contribution in [0.3, 0.4) is 0 Å². The first kappa shape index (κ1) is 56.6. The Bertz CT molecular complexity index is 878. The molecule has 0 aromatic rings. The Morgan fingerprint density at radius 1 is 0.414 bits per heavy atom. The highest BCUT2D eigenvalue weighted by molar-refractivity contribution is 5.70. The SMILES string of the molecule is CCCCCCCCC(O)CN(CCO)CCCOC(=O)CCN(CCO)CCC(=O)OCCCN(CC(O)CCCCCCCC)CC(O)CCCCCCCC. The summed E-state index contributed by atoms with van der Waals surface area (Å²) in [5, 5.41) is 51.1. The van der Waals surface area contributed by atoms with Gasteiger partial charge in [-0.25, -0.2) is 0 Å². The molecule has 0 saturated heterocycles. The minimum atomic E-state index is -0.448. The minimum Gasteiger partial charge on any atom is -0.466 e. The molecule has 0 aliphatic carbocycles. The van der Waals surface area contributed by atoms with Crippen molar-refractivity contribution < 1.29 is 44.6 Å². The van der Waals surface area contributed by atoms with E-state index in [0.717, 1.165) is 57.8 Å². The quantitative estimate of drug-likeness (QED) is 0.0321. The van der Waals surface area contributed by atoms with Gasteiger partial charge in [-0.3, -0.25) is 24.3 Å². The van der Waals surface area contributed by atoms with Crippen molar-refractivity contribution >= 4 is 11.9 Å². The molecule has 0 rings (SSSR count). The van der Waals surface area contributed by atoms with Crippen LogP contribution in [0.1, 0.15) is 181 Å². The maximum atomic E-state index is 12.6. The number of carbonyl (C=O) groups is 2. The molecule has 0 fully saturated rings. The Labute approximate surface area is 355 Å². The van der Waals surface area contributed by atoms with E-state index in [1.54, 1.807) is 0 Å². The first-order chi connectivity index (χ1) is 28.2. The summed E-state index contributed by atoms with van der Waals surface area (Å²) in [5.74, 6) is -0.686. The number of aliphatic hydroxyl groups is 5. The van der Waals surface area contributed by atoms with Crippen LogP contribution in [0.2, 0.25) is 0 Å². The third-order valence-electron chi connectivity index (χ3n) is 10.9. The second-order valence-electron chi connectivity index (χ2n) is 16.6. The van der Waals surface area contributed by atoms with Crippen molar-refractivity contribution in [2.75, 3.05) is 85.3 Å². The predicted octanol–water partition coefficient (Wildman–Crippen LogP) is 6.86. The van der Waals surface area contributed by atoms with Crippen molar-refractivity contribution in [2.24, 2.45) is 0 Å². The normalized spacial score (nSPS) is 13.4. The van der Waals surface area contributed by atoms with Crippen LogP contribution in [0.25, 0.3) is 0 Å². The summed E-state index contributed by atoms with van der Waals surface area (Å²) < 4.78 is 11.0. The molecule has 0 heterocycles. The van der Waals surface area contributed by atoms with Gasteiger partial charge in [0.05, 0.1) is 57.6 Å². The van der Waals surface area contributed by atoms with Crippen molar-refractivity contribution in [2.45, 2.75) is 200 Å². The van der Waals surface area contributed by atoms with Crippen LogP contribution >= 0.6 is 0 Å². The van der Waals surface area contributed by atoms with Crippen LogP contribution in [0.15, 0.2) is 0 Å². The molecule has 0 amide bonds. The molecule has 58 heavy (non-hydrogen) atoms. The lowest BCUT2D eigenvalue weighted by Gasteiger charge is -2.27. The molecule has 5 N–H and O–H groups in total. The number of ether oxygens (including phenoxy) is 2. The Morgan fingerprint density at radius 2 is 0.741 bits per heavy atom. The van der Waals surface area contributed by atoms with Gasteiger partial charge in [0.15, 0.2) is 0 Å². The van der Waals surface area contributed by atoms with Crippen molar-refractivity contribution in [3.8, 4) is 0 Å². The smallest absolute Gasteiger partial charge is 0.307 e. The van der Waals surface area contributed by atoms with Gasteiger partial charge in [-0.05, 0) is 32.1 Å². The zero-order valence-corrected chi connectivity index (χ0v) is 37.8. The molecule has 3 atom stereocenters. The zero-order valence-electron chi connectivity index (χ0n) is 37.8. The van der Waals surface area contributed by atoms with Crippen LogP contribution in [0.4, 0.5) is 0 Å². The van der Waals surface area contributed by atoms with Gasteiger partial charge < -0.3 is 35.0 Å². The zero-order chi connectivity index (χ0) is 42.9. The van der Waals surface area contributed by atoms with E-state index in [2.05, 4.69) is 25.7 Å². The molecule has 3 unspecified atom stereocenters. The summed E-state index contributed by atoms with van der Waals surface area (Å²) in [6, 6.07) is 0. The molecule has 0 spiro atoms. The molecule has 0 aromatic heterocycles. The maximum absolute atomic E-state index is 12.6. The van der Waals surface area contributed by atoms with Crippen LogP contribution in [-0.2, 0) is 19.1 Å². The lowest BCUT2D eigenvalue weighted by molar-refractivity contribution is -0.144. The average Bonchev–Trinajstić information content (AvgIpc) is 3.20. The molecule has 12 nitrogen and oxygen atoms in total. The highest BCUT2D eigenvalue weighted by atomic mass is 16.5. The van der Waals surface area contributed by atoms with E-state index in [9.17, 15) is 35.1 Å². The molecular formula is C46H93N3O9. The third-order valence-corrected chi connectivity index (χ3v) is 10.9. The first-order valence-electron chi connectivity index (χ1n) is 23.9. The second kappa shape index (κ2) is 42.3. The highest BCUT2D eigenvalue weighted by Gasteiger charge is 2.17. The fraction of sp³-hybridized carbons (Fsp3) is 0.957. The Morgan fingerprint density at radius 3 is 1.12 bits per heavy atom. The summed E-state index contributed by atoms with van der Waals surface area (Å²) in [6.07, 6.45) is 23.6. The van der Waals surface area contributed by atoms with Crippen LogP contribution in [-0.4, -0.2) is 156 Å². The molecular weight excluding hydrogens is 739 g/mol. The van der Waals surface area contributed by atoms with Crippen LogP contribution in [0.5, 0.6) is 0 Å². The van der Waals surface area contributed by atoms with Gasteiger partial charge in [-0.15, -0.1) is 0 Å². The van der Waals surface area contributed by atoms with Gasteiger partial charge >= 0.3 is 11.9 Å². The van der Waals surface area contributed by atoms with Crippen molar-refractivity contribution in [3.05, 3.63) is 0 Å². The molecule has 0 saturated carbocycles. The van der Waals surface area contributed by atoms with Gasteiger partial charge in [0.1, 0.15) is 0 Å². The van der Waals surface area contributed by atoms with Crippen molar-refractivity contribution in [1.29, 1.82) is 0 Å². The van der Waals surface area contributed by atoms with E-state index in [0.29, 0.717) is 71.7 Å². The molecule has 0 radical (unpaired) electrons. The van der Waals surface area contributed by atoms with E-state index in [-0.39, 0.29) is 51.2 Å². The lowest BCUT2D eigenvalue weighted by Crippen LogP contribution is -2.39. The summed E-state index contributed by atoms with van der Waals surface area (Å²) in [6.45, 7) is 11.2. The molecule has 0 aliphatic rings. The van der Waals surface area contributed by atoms with Crippen molar-refractivity contribution in [1.82, 2.24) is 14.7 Å². The third kappa shape index (κ3) is 37.6. The molecule has 0 aliphatic heterocycles. The molecule has 0 bridgehead atoms. The minimum absolute atomic E-state index is 0.00514. The monoisotopic (exact) mass is 832 g/mol. The Kier molecular flexibility index (Phi) is 41.3. The number of aliphatic hydroxyl groups excluding tert-OH is 5. The van der Waals surface area contributed by atoms with E-state index in [1.165, 1.54) is 77.0 Å². The number of hydrogen-bond donors (Lipinski definition) is 5. The van der Waals surface area contributed by atoms with E-state index < -0.39 is 18.3 Å². The highest BCUT2D eigenvalue weighted by Crippen LogP contribution is 2.14. The first-order valence-corrected chi connectivity index (χ1v) is 23.9. The van der Waals surface area contributed by atoms with Gasteiger partial charge in [0, 0.05) is 58.9 Å². The van der Waals surface area contributed by atoms with Gasteiger partial charge in [-0.2, -0.15) is 0 Å². The number of nitrogens with zero attached hydrogens (tertiary/aromatic N) is 3. The van der Waals surface area contributed by atoms with E-state index in [1.807, 2.05) is 9.80 Å². The number of unbranched alkanes of at least 4 members (excludes halogenated alkanes) is 15. The molecule has 12 heteroatoms. The van der Waals surface area contributed by atoms with Gasteiger partial charge in [-0.1, -0.05) is 136 Å². The Hall–Kier alpha value is -1.38. The molecule has 0 aromatic carbocycles. The van der Waals surface area contributed by atoms with E-state index >= 15 is 0 Å². The fourth-order valence-corrected chi connectivity index (χ4v) is 7.41. The standard InChI is InChI=1S/C46H93N3O9/c1-4-7-10-13-16-19-24-42(52)39-48(34-36-51)29-22-37-57-45(55)27-31-47(33-35-50)32-28-46(56)58-38-23-30-49(40-43(53)25-20-17-14-11-8-5-2)41-44(54)26-21-18-15-12-9-6-3/h42-44,50-54H,4-41H2,1-3H3. The summed E-state index contributed by atoms with van der Waals surface area (Å²) in [7, 11) is 0. The predicted molar refractivity (Wildman–Crippen MR) is 236 cm³/mol. The number of carbonyl (C=O) groups excluding carboxylic acids is 2. The number of rotatable bonds is 45. The maximum Gasteiger partial charge on any atom is 0.307 e. The van der Waals surface area contributed by atoms with Crippen LogP contribution < -0.4 is 0 Å². The largest absolute Gasteiger partial charge is 0.466 e. The van der Waals surface area contributed by atoms with Crippen LogP contribution in [0, 0.1) is 0 Å². The Balaban J connectivity index is 4.56. The van der Waals surface area contributed by atoms with Gasteiger partial charge in [0.25, 0.3) is 0 Å².